The molecule has 0 bridgehead atoms. The second-order valence-corrected chi connectivity index (χ2v) is 7.28. The number of piperidine rings is 1. The van der Waals surface area contributed by atoms with Gasteiger partial charge in [-0.25, -0.2) is 0 Å². The minimum absolute atomic E-state index is 0.0385. The highest BCUT2D eigenvalue weighted by Crippen LogP contribution is 2.36. The Balaban J connectivity index is 1.56. The van der Waals surface area contributed by atoms with Gasteiger partial charge in [0.1, 0.15) is 0 Å². The SMILES string of the molecule is CCOC(=O)C1CCC(c2ccc(C(=O)N3CCCCC3)cc2)CC1. The molecule has 4 heteroatoms. The molecule has 1 saturated carbocycles. The molecule has 2 aliphatic rings. The Kier molecular flexibility index (Phi) is 6.11. The molecule has 0 radical (unpaired) electrons. The van der Waals surface area contributed by atoms with Crippen LogP contribution in [0.3, 0.4) is 0 Å². The summed E-state index contributed by atoms with van der Waals surface area (Å²) in [6.45, 7) is 4.10. The lowest BCUT2D eigenvalue weighted by molar-refractivity contribution is -0.149. The van der Waals surface area contributed by atoms with Gasteiger partial charge in [-0.2, -0.15) is 0 Å². The minimum Gasteiger partial charge on any atom is -0.466 e. The highest BCUT2D eigenvalue weighted by atomic mass is 16.5. The summed E-state index contributed by atoms with van der Waals surface area (Å²) in [4.78, 5) is 26.4. The Morgan fingerprint density at radius 2 is 1.64 bits per heavy atom. The first-order valence-corrected chi connectivity index (χ1v) is 9.75. The molecular weight excluding hydrogens is 314 g/mol. The standard InChI is InChI=1S/C21H29NO3/c1-2-25-21(24)19-12-8-17(9-13-19)16-6-10-18(11-7-16)20(23)22-14-4-3-5-15-22/h6-7,10-11,17,19H,2-5,8-9,12-15H2,1H3. The van der Waals surface area contributed by atoms with Gasteiger partial charge in [0, 0.05) is 18.7 Å². The number of ether oxygens (including phenoxy) is 1. The molecule has 1 aliphatic heterocycles. The molecule has 0 N–H and O–H groups in total. The van der Waals surface area contributed by atoms with Crippen LogP contribution >= 0.6 is 0 Å². The van der Waals surface area contributed by atoms with E-state index in [4.69, 9.17) is 4.74 Å². The summed E-state index contributed by atoms with van der Waals surface area (Å²) >= 11 is 0. The summed E-state index contributed by atoms with van der Waals surface area (Å²) in [5.74, 6) is 0.682. The van der Waals surface area contributed by atoms with E-state index in [9.17, 15) is 9.59 Å². The van der Waals surface area contributed by atoms with Crippen molar-refractivity contribution < 1.29 is 14.3 Å². The van der Waals surface area contributed by atoms with Crippen LogP contribution < -0.4 is 0 Å². The molecule has 1 aromatic rings. The van der Waals surface area contributed by atoms with Crippen molar-refractivity contribution in [3.63, 3.8) is 0 Å². The van der Waals surface area contributed by atoms with Gasteiger partial charge in [-0.15, -0.1) is 0 Å². The third-order valence-corrected chi connectivity index (χ3v) is 5.62. The quantitative estimate of drug-likeness (QED) is 0.772. The highest BCUT2D eigenvalue weighted by molar-refractivity contribution is 5.94. The molecule has 1 amide bonds. The van der Waals surface area contributed by atoms with E-state index >= 15 is 0 Å². The molecular formula is C21H29NO3. The third kappa shape index (κ3) is 4.42. The van der Waals surface area contributed by atoms with Gasteiger partial charge in [0.05, 0.1) is 12.5 Å². The maximum atomic E-state index is 12.5. The Morgan fingerprint density at radius 3 is 2.24 bits per heavy atom. The van der Waals surface area contributed by atoms with Crippen molar-refractivity contribution >= 4 is 11.9 Å². The van der Waals surface area contributed by atoms with E-state index in [1.54, 1.807) is 0 Å². The zero-order valence-electron chi connectivity index (χ0n) is 15.2. The van der Waals surface area contributed by atoms with Crippen LogP contribution in [-0.4, -0.2) is 36.5 Å². The third-order valence-electron chi connectivity index (χ3n) is 5.62. The summed E-state index contributed by atoms with van der Waals surface area (Å²) in [7, 11) is 0. The lowest BCUT2D eigenvalue weighted by atomic mass is 9.78. The molecule has 2 fully saturated rings. The average molecular weight is 343 g/mol. The summed E-state index contributed by atoms with van der Waals surface area (Å²) in [5.41, 5.74) is 2.09. The van der Waals surface area contributed by atoms with Crippen molar-refractivity contribution in [3.05, 3.63) is 35.4 Å². The normalized spacial score (nSPS) is 24.0. The number of esters is 1. The van der Waals surface area contributed by atoms with Crippen LogP contribution in [0.1, 0.15) is 73.7 Å². The number of likely N-dealkylation sites (tertiary alicyclic amines) is 1. The van der Waals surface area contributed by atoms with Crippen LogP contribution in [0, 0.1) is 5.92 Å². The monoisotopic (exact) mass is 343 g/mol. The van der Waals surface area contributed by atoms with Crippen LogP contribution in [0.15, 0.2) is 24.3 Å². The Morgan fingerprint density at radius 1 is 1.00 bits per heavy atom. The van der Waals surface area contributed by atoms with E-state index in [1.165, 1.54) is 12.0 Å². The first-order valence-electron chi connectivity index (χ1n) is 9.75. The number of hydrogen-bond acceptors (Lipinski definition) is 3. The van der Waals surface area contributed by atoms with Crippen molar-refractivity contribution in [2.45, 2.75) is 57.8 Å². The van der Waals surface area contributed by atoms with Crippen molar-refractivity contribution in [1.82, 2.24) is 4.90 Å². The largest absolute Gasteiger partial charge is 0.466 e. The van der Waals surface area contributed by atoms with Crippen molar-refractivity contribution in [3.8, 4) is 0 Å². The minimum atomic E-state index is -0.0385. The van der Waals surface area contributed by atoms with E-state index in [1.807, 2.05) is 24.0 Å². The predicted octanol–water partition coefficient (Wildman–Crippen LogP) is 4.15. The Bertz CT molecular complexity index is 582. The fourth-order valence-corrected chi connectivity index (χ4v) is 4.10. The molecule has 1 aromatic carbocycles. The second kappa shape index (κ2) is 8.50. The number of carbonyl (C=O) groups excluding carboxylic acids is 2. The Hall–Kier alpha value is -1.84. The van der Waals surface area contributed by atoms with E-state index in [0.717, 1.165) is 57.2 Å². The van der Waals surface area contributed by atoms with Gasteiger partial charge < -0.3 is 9.64 Å². The molecule has 3 rings (SSSR count). The fourth-order valence-electron chi connectivity index (χ4n) is 4.10. The first-order chi connectivity index (χ1) is 12.2. The van der Waals surface area contributed by atoms with Crippen molar-refractivity contribution in [1.29, 1.82) is 0 Å². The smallest absolute Gasteiger partial charge is 0.308 e. The van der Waals surface area contributed by atoms with Gasteiger partial charge in [-0.05, 0) is 75.5 Å². The van der Waals surface area contributed by atoms with E-state index in [-0.39, 0.29) is 17.8 Å². The molecule has 4 nitrogen and oxygen atoms in total. The van der Waals surface area contributed by atoms with Gasteiger partial charge in [-0.3, -0.25) is 9.59 Å². The van der Waals surface area contributed by atoms with Crippen LogP contribution in [0.2, 0.25) is 0 Å². The molecule has 0 atom stereocenters. The molecule has 0 unspecified atom stereocenters. The zero-order chi connectivity index (χ0) is 17.6. The zero-order valence-corrected chi connectivity index (χ0v) is 15.2. The van der Waals surface area contributed by atoms with Crippen LogP contribution in [0.5, 0.6) is 0 Å². The summed E-state index contributed by atoms with van der Waals surface area (Å²) < 4.78 is 5.14. The van der Waals surface area contributed by atoms with Gasteiger partial charge in [0.15, 0.2) is 0 Å². The van der Waals surface area contributed by atoms with E-state index in [2.05, 4.69) is 12.1 Å². The topological polar surface area (TPSA) is 46.6 Å². The van der Waals surface area contributed by atoms with E-state index < -0.39 is 0 Å². The molecule has 0 aromatic heterocycles. The van der Waals surface area contributed by atoms with Crippen LogP contribution in [0.25, 0.3) is 0 Å². The molecule has 0 spiro atoms. The molecule has 136 valence electrons. The number of rotatable bonds is 4. The number of nitrogens with zero attached hydrogens (tertiary/aromatic N) is 1. The number of carbonyl (C=O) groups is 2. The van der Waals surface area contributed by atoms with Crippen molar-refractivity contribution in [2.24, 2.45) is 5.92 Å². The van der Waals surface area contributed by atoms with Gasteiger partial charge in [0.25, 0.3) is 5.91 Å². The molecule has 1 heterocycles. The summed E-state index contributed by atoms with van der Waals surface area (Å²) in [6, 6.07) is 8.16. The van der Waals surface area contributed by atoms with Gasteiger partial charge in [0.2, 0.25) is 0 Å². The number of hydrogen-bond donors (Lipinski definition) is 0. The molecule has 25 heavy (non-hydrogen) atoms. The van der Waals surface area contributed by atoms with Gasteiger partial charge >= 0.3 is 5.97 Å². The number of benzene rings is 1. The lowest BCUT2D eigenvalue weighted by Gasteiger charge is -2.28. The van der Waals surface area contributed by atoms with Crippen LogP contribution in [-0.2, 0) is 9.53 Å². The number of amides is 1. The molecule has 1 aliphatic carbocycles. The van der Waals surface area contributed by atoms with Crippen LogP contribution in [0.4, 0.5) is 0 Å². The lowest BCUT2D eigenvalue weighted by Crippen LogP contribution is -2.35. The fraction of sp³-hybridized carbons (Fsp3) is 0.619. The average Bonchev–Trinajstić information content (AvgIpc) is 2.68. The molecule has 1 saturated heterocycles. The maximum Gasteiger partial charge on any atom is 0.308 e. The van der Waals surface area contributed by atoms with Gasteiger partial charge in [-0.1, -0.05) is 12.1 Å². The maximum absolute atomic E-state index is 12.5. The first kappa shape index (κ1) is 18.0. The Labute approximate surface area is 150 Å². The highest BCUT2D eigenvalue weighted by Gasteiger charge is 2.28. The van der Waals surface area contributed by atoms with Crippen molar-refractivity contribution in [2.75, 3.05) is 19.7 Å². The second-order valence-electron chi connectivity index (χ2n) is 7.28. The van der Waals surface area contributed by atoms with E-state index in [0.29, 0.717) is 12.5 Å². The summed E-state index contributed by atoms with van der Waals surface area (Å²) in [6.07, 6.45) is 7.31. The summed E-state index contributed by atoms with van der Waals surface area (Å²) in [5, 5.41) is 0. The predicted molar refractivity (Wildman–Crippen MR) is 97.5 cm³/mol.